The molecule has 0 radical (unpaired) electrons. The summed E-state index contributed by atoms with van der Waals surface area (Å²) < 4.78 is 0. The van der Waals surface area contributed by atoms with Gasteiger partial charge in [0.05, 0.1) is 0 Å². The Balaban J connectivity index is 2.83. The van der Waals surface area contributed by atoms with Crippen LogP contribution in [0, 0.1) is 0 Å². The van der Waals surface area contributed by atoms with E-state index >= 15 is 0 Å². The highest BCUT2D eigenvalue weighted by molar-refractivity contribution is 7.83. The molecule has 0 aliphatic heterocycles. The molecule has 0 unspecified atom stereocenters. The molecule has 13 heavy (non-hydrogen) atoms. The molecule has 0 spiro atoms. The van der Waals surface area contributed by atoms with Crippen LogP contribution in [0.2, 0.25) is 0 Å². The second kappa shape index (κ2) is 12.1. The SMILES string of the molecule is CCCCCCCCCCC=CS. The molecule has 0 fully saturated rings. The highest BCUT2D eigenvalue weighted by Gasteiger charge is 1.89. The second-order valence-corrected chi connectivity index (χ2v) is 3.95. The van der Waals surface area contributed by atoms with E-state index in [1.807, 2.05) is 5.41 Å². The average Bonchev–Trinajstić information content (AvgIpc) is 2.16. The van der Waals surface area contributed by atoms with Crippen LogP contribution < -0.4 is 0 Å². The molecule has 0 amide bonds. The molecule has 0 aromatic rings. The van der Waals surface area contributed by atoms with Crippen LogP contribution in [-0.2, 0) is 0 Å². The minimum Gasteiger partial charge on any atom is -0.152 e. The lowest BCUT2D eigenvalue weighted by atomic mass is 10.1. The van der Waals surface area contributed by atoms with E-state index in [9.17, 15) is 0 Å². The van der Waals surface area contributed by atoms with Crippen molar-refractivity contribution in [3.63, 3.8) is 0 Å². The van der Waals surface area contributed by atoms with Gasteiger partial charge >= 0.3 is 0 Å². The summed E-state index contributed by atoms with van der Waals surface area (Å²) in [6, 6.07) is 0. The van der Waals surface area contributed by atoms with Gasteiger partial charge in [-0.15, -0.1) is 0 Å². The number of rotatable bonds is 9. The van der Waals surface area contributed by atoms with E-state index in [4.69, 9.17) is 0 Å². The molecule has 0 aromatic heterocycles. The Labute approximate surface area is 89.2 Å². The maximum absolute atomic E-state index is 4.02. The summed E-state index contributed by atoms with van der Waals surface area (Å²) in [5.41, 5.74) is 0. The lowest BCUT2D eigenvalue weighted by molar-refractivity contribution is 0.578. The Morgan fingerprint density at radius 1 is 0.846 bits per heavy atom. The summed E-state index contributed by atoms with van der Waals surface area (Å²) in [4.78, 5) is 0. The fourth-order valence-corrected chi connectivity index (χ4v) is 1.62. The third kappa shape index (κ3) is 12.1. The minimum atomic E-state index is 1.21. The molecule has 0 aliphatic rings. The first-order valence-electron chi connectivity index (χ1n) is 5.71. The van der Waals surface area contributed by atoms with Gasteiger partial charge in [-0.1, -0.05) is 57.9 Å². The van der Waals surface area contributed by atoms with Gasteiger partial charge in [0.15, 0.2) is 0 Å². The second-order valence-electron chi connectivity index (χ2n) is 3.65. The summed E-state index contributed by atoms with van der Waals surface area (Å²) in [6.45, 7) is 2.27. The molecule has 0 aliphatic carbocycles. The third-order valence-corrected chi connectivity index (χ3v) is 2.54. The topological polar surface area (TPSA) is 0 Å². The molecule has 0 aromatic carbocycles. The van der Waals surface area contributed by atoms with E-state index in [2.05, 4.69) is 25.6 Å². The van der Waals surface area contributed by atoms with Gasteiger partial charge in [0, 0.05) is 0 Å². The van der Waals surface area contributed by atoms with E-state index in [0.29, 0.717) is 0 Å². The summed E-state index contributed by atoms with van der Waals surface area (Å²) >= 11 is 4.02. The Morgan fingerprint density at radius 3 is 1.92 bits per heavy atom. The van der Waals surface area contributed by atoms with Crippen molar-refractivity contribution in [3.8, 4) is 0 Å². The van der Waals surface area contributed by atoms with Gasteiger partial charge in [0.2, 0.25) is 0 Å². The largest absolute Gasteiger partial charge is 0.152 e. The van der Waals surface area contributed by atoms with Crippen molar-refractivity contribution >= 4 is 12.6 Å². The first-order chi connectivity index (χ1) is 6.41. The summed E-state index contributed by atoms with van der Waals surface area (Å²) in [6.07, 6.45) is 14.6. The molecule has 0 N–H and O–H groups in total. The van der Waals surface area contributed by atoms with Crippen LogP contribution in [-0.4, -0.2) is 0 Å². The normalized spacial score (nSPS) is 11.2. The molecule has 0 bridgehead atoms. The molecule has 0 atom stereocenters. The van der Waals surface area contributed by atoms with Gasteiger partial charge in [0.1, 0.15) is 0 Å². The fraction of sp³-hybridized carbons (Fsp3) is 0.833. The predicted octanol–water partition coefficient (Wildman–Crippen LogP) is 4.96. The van der Waals surface area contributed by atoms with Crippen LogP contribution in [0.1, 0.15) is 64.7 Å². The summed E-state index contributed by atoms with van der Waals surface area (Å²) in [5.74, 6) is 0. The first-order valence-corrected chi connectivity index (χ1v) is 6.22. The van der Waals surface area contributed by atoms with Crippen molar-refractivity contribution in [2.24, 2.45) is 0 Å². The molecule has 0 nitrogen and oxygen atoms in total. The average molecular weight is 200 g/mol. The lowest BCUT2D eigenvalue weighted by Gasteiger charge is -1.99. The van der Waals surface area contributed by atoms with Crippen LogP contribution in [0.4, 0.5) is 0 Å². The standard InChI is InChI=1S/C12H24S/c1-2-3-4-5-6-7-8-9-10-11-12-13/h11-13H,2-10H2,1H3. The number of allylic oxidation sites excluding steroid dienone is 1. The Hall–Kier alpha value is 0.0900. The van der Waals surface area contributed by atoms with Crippen molar-refractivity contribution in [1.29, 1.82) is 0 Å². The summed E-state index contributed by atoms with van der Waals surface area (Å²) in [5, 5.41) is 1.85. The monoisotopic (exact) mass is 200 g/mol. The van der Waals surface area contributed by atoms with Gasteiger partial charge < -0.3 is 0 Å². The fourth-order valence-electron chi connectivity index (χ4n) is 1.47. The smallest absolute Gasteiger partial charge is 0.0343 e. The zero-order valence-electron chi connectivity index (χ0n) is 8.97. The van der Waals surface area contributed by atoms with Crippen molar-refractivity contribution in [2.45, 2.75) is 64.7 Å². The zero-order chi connectivity index (χ0) is 9.78. The molecular weight excluding hydrogens is 176 g/mol. The minimum absolute atomic E-state index is 1.21. The van der Waals surface area contributed by atoms with Gasteiger partial charge in [-0.05, 0) is 18.2 Å². The predicted molar refractivity (Wildman–Crippen MR) is 65.4 cm³/mol. The van der Waals surface area contributed by atoms with E-state index in [-0.39, 0.29) is 0 Å². The van der Waals surface area contributed by atoms with Crippen LogP contribution >= 0.6 is 12.6 Å². The van der Waals surface area contributed by atoms with Crippen molar-refractivity contribution in [3.05, 3.63) is 11.5 Å². The number of unbranched alkanes of at least 4 members (excludes halogenated alkanes) is 8. The van der Waals surface area contributed by atoms with Gasteiger partial charge in [-0.25, -0.2) is 0 Å². The van der Waals surface area contributed by atoms with E-state index < -0.39 is 0 Å². The van der Waals surface area contributed by atoms with Gasteiger partial charge in [0.25, 0.3) is 0 Å². The highest BCUT2D eigenvalue weighted by Crippen LogP contribution is 2.09. The van der Waals surface area contributed by atoms with Crippen LogP contribution in [0.3, 0.4) is 0 Å². The Kier molecular flexibility index (Phi) is 12.2. The molecule has 78 valence electrons. The molecular formula is C12H24S. The molecule has 0 saturated carbocycles. The summed E-state index contributed by atoms with van der Waals surface area (Å²) in [7, 11) is 0. The number of thiol groups is 1. The van der Waals surface area contributed by atoms with Gasteiger partial charge in [-0.2, -0.15) is 12.6 Å². The van der Waals surface area contributed by atoms with E-state index in [0.717, 1.165) is 0 Å². The maximum atomic E-state index is 4.02. The van der Waals surface area contributed by atoms with Gasteiger partial charge in [-0.3, -0.25) is 0 Å². The zero-order valence-corrected chi connectivity index (χ0v) is 9.86. The van der Waals surface area contributed by atoms with E-state index in [1.54, 1.807) is 0 Å². The number of hydrogen-bond acceptors (Lipinski definition) is 1. The Morgan fingerprint density at radius 2 is 1.38 bits per heavy atom. The molecule has 1 heteroatoms. The van der Waals surface area contributed by atoms with Crippen LogP contribution in [0.5, 0.6) is 0 Å². The highest BCUT2D eigenvalue weighted by atomic mass is 32.1. The quantitative estimate of drug-likeness (QED) is 0.394. The first kappa shape index (κ1) is 13.1. The van der Waals surface area contributed by atoms with Crippen molar-refractivity contribution < 1.29 is 0 Å². The van der Waals surface area contributed by atoms with Crippen molar-refractivity contribution in [2.75, 3.05) is 0 Å². The lowest BCUT2D eigenvalue weighted by Crippen LogP contribution is -1.79. The molecule has 0 heterocycles. The van der Waals surface area contributed by atoms with E-state index in [1.165, 1.54) is 57.8 Å². The van der Waals surface area contributed by atoms with Crippen molar-refractivity contribution in [1.82, 2.24) is 0 Å². The van der Waals surface area contributed by atoms with Crippen LogP contribution in [0.15, 0.2) is 11.5 Å². The van der Waals surface area contributed by atoms with Crippen LogP contribution in [0.25, 0.3) is 0 Å². The number of hydrogen-bond donors (Lipinski definition) is 1. The third-order valence-electron chi connectivity index (χ3n) is 2.33. The molecule has 0 saturated heterocycles. The maximum Gasteiger partial charge on any atom is -0.0343 e. The Bertz CT molecular complexity index is 108. The molecule has 0 rings (SSSR count).